The van der Waals surface area contributed by atoms with Gasteiger partial charge in [0.15, 0.2) is 0 Å². The molecule has 2 unspecified atom stereocenters. The molecule has 188 valence electrons. The Morgan fingerprint density at radius 3 is 2.22 bits per heavy atom. The number of nitrogens with zero attached hydrogens (tertiary/aromatic N) is 3. The number of rotatable bonds is 6. The van der Waals surface area contributed by atoms with E-state index in [1.807, 2.05) is 20.8 Å². The molecule has 11 nitrogen and oxygen atoms in total. The van der Waals surface area contributed by atoms with Crippen molar-refractivity contribution in [3.63, 3.8) is 0 Å². The molecule has 2 aliphatic rings. The number of carbonyl (C=O) groups excluding carboxylic acids is 2. The second kappa shape index (κ2) is 8.66. The number of halogens is 1. The third-order valence-corrected chi connectivity index (χ3v) is 8.42. The molecule has 36 heavy (non-hydrogen) atoms. The van der Waals surface area contributed by atoms with Crippen molar-refractivity contribution < 1.29 is 24.3 Å². The SMILES string of the molecule is CC12CCC(C(=O)Nc3ccccc3Cl)(C/C1=N\OC(=O)c1cc([N+](=O)[O-])cc([N+](=O)[O-])c1)C2(C)C. The molecule has 0 spiro atoms. The molecule has 1 N–H and O–H groups in total. The van der Waals surface area contributed by atoms with Gasteiger partial charge in [0.05, 0.1) is 43.3 Å². The highest BCUT2D eigenvalue weighted by molar-refractivity contribution is 6.33. The van der Waals surface area contributed by atoms with Gasteiger partial charge in [-0.2, -0.15) is 0 Å². The number of non-ortho nitro benzene ring substituents is 2. The van der Waals surface area contributed by atoms with Gasteiger partial charge in [-0.15, -0.1) is 0 Å². The zero-order valence-electron chi connectivity index (χ0n) is 19.7. The standard InChI is InChI=1S/C24H23ClN4O7/c1-22(2)23(3)8-9-24(22,21(31)26-18-7-5-4-6-17(18)25)13-19(23)27-36-20(30)14-10-15(28(32)33)12-16(11-14)29(34)35/h4-7,10-12H,8-9,13H2,1-3H3,(H,26,31)/b27-19+. The minimum absolute atomic E-state index is 0.213. The average Bonchev–Trinajstić information content (AvgIpc) is 3.14. The molecule has 0 aliphatic heterocycles. The van der Waals surface area contributed by atoms with Crippen molar-refractivity contribution in [3.8, 4) is 0 Å². The minimum atomic E-state index is -1.08. The molecule has 0 aromatic heterocycles. The number of carbonyl (C=O) groups is 2. The number of hydrogen-bond acceptors (Lipinski definition) is 8. The van der Waals surface area contributed by atoms with Crippen molar-refractivity contribution in [1.82, 2.24) is 0 Å². The summed E-state index contributed by atoms with van der Waals surface area (Å²) in [6, 6.07) is 9.45. The Balaban J connectivity index is 1.62. The highest BCUT2D eigenvalue weighted by Gasteiger charge is 2.71. The number of anilines is 1. The number of oxime groups is 1. The zero-order chi connectivity index (χ0) is 26.5. The van der Waals surface area contributed by atoms with E-state index >= 15 is 0 Å². The molecule has 2 aliphatic carbocycles. The van der Waals surface area contributed by atoms with Crippen molar-refractivity contribution in [3.05, 3.63) is 73.3 Å². The summed E-state index contributed by atoms with van der Waals surface area (Å²) in [5.74, 6) is -1.29. The maximum Gasteiger partial charge on any atom is 0.366 e. The molecule has 2 saturated carbocycles. The predicted octanol–water partition coefficient (Wildman–Crippen LogP) is 5.52. The predicted molar refractivity (Wildman–Crippen MR) is 131 cm³/mol. The Morgan fingerprint density at radius 2 is 1.64 bits per heavy atom. The summed E-state index contributed by atoms with van der Waals surface area (Å²) in [5, 5.41) is 29.7. The second-order valence-corrected chi connectivity index (χ2v) is 10.2. The minimum Gasteiger partial charge on any atom is -0.324 e. The quantitative estimate of drug-likeness (QED) is 0.302. The first-order valence-corrected chi connectivity index (χ1v) is 11.5. The van der Waals surface area contributed by atoms with Gasteiger partial charge >= 0.3 is 5.97 Å². The van der Waals surface area contributed by atoms with E-state index in [-0.39, 0.29) is 17.9 Å². The molecule has 1 amide bonds. The molecule has 2 atom stereocenters. The molecule has 2 aromatic carbocycles. The molecule has 4 rings (SSSR count). The lowest BCUT2D eigenvalue weighted by Gasteiger charge is -2.39. The summed E-state index contributed by atoms with van der Waals surface area (Å²) in [4.78, 5) is 51.9. The van der Waals surface area contributed by atoms with Gasteiger partial charge in [0.25, 0.3) is 11.4 Å². The van der Waals surface area contributed by atoms with Crippen molar-refractivity contribution in [1.29, 1.82) is 0 Å². The molecule has 0 radical (unpaired) electrons. The van der Waals surface area contributed by atoms with E-state index in [9.17, 15) is 29.8 Å². The van der Waals surface area contributed by atoms with E-state index in [0.29, 0.717) is 29.3 Å². The monoisotopic (exact) mass is 514 g/mol. The summed E-state index contributed by atoms with van der Waals surface area (Å²) >= 11 is 6.23. The summed E-state index contributed by atoms with van der Waals surface area (Å²) < 4.78 is 0. The Hall–Kier alpha value is -3.86. The number of nitro groups is 2. The highest BCUT2D eigenvalue weighted by atomic mass is 35.5. The van der Waals surface area contributed by atoms with Crippen LogP contribution in [-0.4, -0.2) is 27.4 Å². The molecule has 2 fully saturated rings. The van der Waals surface area contributed by atoms with E-state index in [1.54, 1.807) is 24.3 Å². The van der Waals surface area contributed by atoms with Crippen LogP contribution in [0.3, 0.4) is 0 Å². The van der Waals surface area contributed by atoms with Crippen molar-refractivity contribution in [2.24, 2.45) is 21.4 Å². The van der Waals surface area contributed by atoms with Gasteiger partial charge in [-0.1, -0.05) is 49.7 Å². The number of fused-ring (bicyclic) bond motifs is 2. The fourth-order valence-electron chi connectivity index (χ4n) is 5.40. The smallest absolute Gasteiger partial charge is 0.324 e. The van der Waals surface area contributed by atoms with E-state index in [1.165, 1.54) is 0 Å². The van der Waals surface area contributed by atoms with Gasteiger partial charge in [0.2, 0.25) is 5.91 Å². The second-order valence-electron chi connectivity index (χ2n) is 9.82. The van der Waals surface area contributed by atoms with E-state index < -0.39 is 43.4 Å². The van der Waals surface area contributed by atoms with E-state index in [2.05, 4.69) is 10.5 Å². The highest BCUT2D eigenvalue weighted by Crippen LogP contribution is 2.71. The first kappa shape index (κ1) is 25.2. The average molecular weight is 515 g/mol. The molecule has 12 heteroatoms. The number of para-hydroxylation sites is 1. The first-order valence-electron chi connectivity index (χ1n) is 11.1. The fourth-order valence-corrected chi connectivity index (χ4v) is 5.58. The Labute approximate surface area is 210 Å². The van der Waals surface area contributed by atoms with Gasteiger partial charge in [0, 0.05) is 24.0 Å². The largest absolute Gasteiger partial charge is 0.366 e. The molecule has 0 saturated heterocycles. The van der Waals surface area contributed by atoms with Crippen LogP contribution < -0.4 is 5.32 Å². The van der Waals surface area contributed by atoms with Crippen molar-refractivity contribution in [2.75, 3.05) is 5.32 Å². The Morgan fingerprint density at radius 1 is 1.03 bits per heavy atom. The van der Waals surface area contributed by atoms with Crippen LogP contribution in [0.15, 0.2) is 47.6 Å². The van der Waals surface area contributed by atoms with Gasteiger partial charge in [-0.3, -0.25) is 25.0 Å². The normalized spacial score (nSPS) is 24.9. The molecule has 0 heterocycles. The fraction of sp³-hybridized carbons (Fsp3) is 0.375. The van der Waals surface area contributed by atoms with Crippen molar-refractivity contribution >= 4 is 46.3 Å². The van der Waals surface area contributed by atoms with Gasteiger partial charge in [-0.05, 0) is 30.4 Å². The maximum atomic E-state index is 13.6. The van der Waals surface area contributed by atoms with Crippen LogP contribution in [0.2, 0.25) is 5.02 Å². The molecule has 2 aromatic rings. The van der Waals surface area contributed by atoms with Gasteiger partial charge < -0.3 is 10.2 Å². The topological polar surface area (TPSA) is 154 Å². The number of hydrogen-bond donors (Lipinski definition) is 1. The van der Waals surface area contributed by atoms with Crippen LogP contribution in [-0.2, 0) is 9.63 Å². The number of benzene rings is 2. The number of amides is 1. The van der Waals surface area contributed by atoms with Crippen LogP contribution in [0.5, 0.6) is 0 Å². The van der Waals surface area contributed by atoms with Crippen LogP contribution in [0.4, 0.5) is 17.1 Å². The lowest BCUT2D eigenvalue weighted by Crippen LogP contribution is -2.43. The lowest BCUT2D eigenvalue weighted by molar-refractivity contribution is -0.394. The third-order valence-electron chi connectivity index (χ3n) is 8.09. The Kier molecular flexibility index (Phi) is 6.07. The van der Waals surface area contributed by atoms with E-state index in [0.717, 1.165) is 18.2 Å². The number of nitro benzene ring substituents is 2. The van der Waals surface area contributed by atoms with Gasteiger partial charge in [-0.25, -0.2) is 4.79 Å². The van der Waals surface area contributed by atoms with Crippen LogP contribution in [0, 0.1) is 36.5 Å². The summed E-state index contributed by atoms with van der Waals surface area (Å²) in [5.41, 5.74) is -2.58. The Bertz CT molecular complexity index is 1310. The summed E-state index contributed by atoms with van der Waals surface area (Å²) in [6.45, 7) is 5.90. The number of nitrogens with one attached hydrogen (secondary N) is 1. The van der Waals surface area contributed by atoms with Crippen LogP contribution in [0.25, 0.3) is 0 Å². The van der Waals surface area contributed by atoms with Crippen molar-refractivity contribution in [2.45, 2.75) is 40.0 Å². The van der Waals surface area contributed by atoms with Crippen LogP contribution >= 0.6 is 11.6 Å². The zero-order valence-corrected chi connectivity index (χ0v) is 20.5. The first-order chi connectivity index (χ1) is 16.8. The van der Waals surface area contributed by atoms with Crippen LogP contribution in [0.1, 0.15) is 50.4 Å². The molecular weight excluding hydrogens is 492 g/mol. The lowest BCUT2D eigenvalue weighted by atomic mass is 9.64. The van der Waals surface area contributed by atoms with Gasteiger partial charge in [0.1, 0.15) is 0 Å². The summed E-state index contributed by atoms with van der Waals surface area (Å²) in [6.07, 6.45) is 1.45. The molecule has 2 bridgehead atoms. The van der Waals surface area contributed by atoms with E-state index in [4.69, 9.17) is 16.4 Å². The summed E-state index contributed by atoms with van der Waals surface area (Å²) in [7, 11) is 0. The third kappa shape index (κ3) is 3.79. The molecular formula is C24H23ClN4O7. The maximum absolute atomic E-state index is 13.6.